The van der Waals surface area contributed by atoms with Crippen LogP contribution in [0.25, 0.3) is 6.08 Å². The van der Waals surface area contributed by atoms with Crippen LogP contribution in [0.4, 0.5) is 10.5 Å². The summed E-state index contributed by atoms with van der Waals surface area (Å²) < 4.78 is 12.1. The second kappa shape index (κ2) is 10.1. The summed E-state index contributed by atoms with van der Waals surface area (Å²) in [6.45, 7) is 1.48. The zero-order valence-electron chi connectivity index (χ0n) is 16.6. The topological polar surface area (TPSA) is 122 Å². The molecule has 0 bridgehead atoms. The number of benzene rings is 2. The molecule has 11 heteroatoms. The summed E-state index contributed by atoms with van der Waals surface area (Å²) in [6.07, 6.45) is 1.33. The fourth-order valence-electron chi connectivity index (χ4n) is 2.86. The van der Waals surface area contributed by atoms with E-state index in [4.69, 9.17) is 14.6 Å². The van der Waals surface area contributed by atoms with Gasteiger partial charge in [0, 0.05) is 4.47 Å². The summed E-state index contributed by atoms with van der Waals surface area (Å²) in [4.78, 5) is 49.5. The third-order valence-electron chi connectivity index (χ3n) is 4.17. The minimum atomic E-state index is -1.14. The normalized spacial score (nSPS) is 15.0. The molecule has 2 aromatic carbocycles. The Hall–Kier alpha value is -2.93. The number of aliphatic carboxylic acids is 1. The molecule has 0 atom stereocenters. The van der Waals surface area contributed by atoms with E-state index in [9.17, 15) is 19.2 Å². The van der Waals surface area contributed by atoms with Crippen molar-refractivity contribution < 1.29 is 33.8 Å². The van der Waals surface area contributed by atoms with Gasteiger partial charge in [-0.1, -0.05) is 15.9 Å². The van der Waals surface area contributed by atoms with Crippen molar-refractivity contribution in [1.29, 1.82) is 0 Å². The van der Waals surface area contributed by atoms with Crippen molar-refractivity contribution in [2.24, 2.45) is 0 Å². The van der Waals surface area contributed by atoms with Gasteiger partial charge in [0.2, 0.25) is 0 Å². The van der Waals surface area contributed by atoms with E-state index >= 15 is 0 Å². The van der Waals surface area contributed by atoms with E-state index in [1.165, 1.54) is 12.1 Å². The number of carbonyl (C=O) groups excluding carboxylic acids is 3. The Kier molecular flexibility index (Phi) is 7.51. The second-order valence-electron chi connectivity index (χ2n) is 6.38. The molecule has 0 spiro atoms. The lowest BCUT2D eigenvalue weighted by Gasteiger charge is -2.26. The number of hydrogen-bond donors (Lipinski definition) is 2. The minimum Gasteiger partial charge on any atom is -0.490 e. The summed E-state index contributed by atoms with van der Waals surface area (Å²) in [5.74, 6) is -2.25. The van der Waals surface area contributed by atoms with Crippen LogP contribution in [0.5, 0.6) is 11.5 Å². The summed E-state index contributed by atoms with van der Waals surface area (Å²) in [6, 6.07) is 8.76. The third kappa shape index (κ3) is 5.27. The Morgan fingerprint density at radius 2 is 1.88 bits per heavy atom. The zero-order valence-corrected chi connectivity index (χ0v) is 20.3. The van der Waals surface area contributed by atoms with Gasteiger partial charge in [-0.25, -0.2) is 14.5 Å². The van der Waals surface area contributed by atoms with Crippen molar-refractivity contribution in [2.45, 2.75) is 6.92 Å². The van der Waals surface area contributed by atoms with Gasteiger partial charge in [0.05, 0.1) is 15.9 Å². The van der Waals surface area contributed by atoms with Crippen LogP contribution in [0.1, 0.15) is 12.5 Å². The summed E-state index contributed by atoms with van der Waals surface area (Å²) in [5, 5.41) is 11.0. The van der Waals surface area contributed by atoms with Crippen LogP contribution >= 0.6 is 38.5 Å². The Morgan fingerprint density at radius 1 is 1.19 bits per heavy atom. The molecule has 0 saturated carbocycles. The fourth-order valence-corrected chi connectivity index (χ4v) is 3.90. The lowest BCUT2D eigenvalue weighted by molar-refractivity contribution is -0.139. The van der Waals surface area contributed by atoms with Crippen LogP contribution in [0, 0.1) is 3.57 Å². The number of ether oxygens (including phenoxy) is 2. The number of carboxylic acid groups (broad SMARTS) is 1. The van der Waals surface area contributed by atoms with E-state index < -0.39 is 30.4 Å². The van der Waals surface area contributed by atoms with Crippen LogP contribution in [0.2, 0.25) is 0 Å². The number of halogens is 2. The molecule has 9 nitrogen and oxygen atoms in total. The first-order valence-corrected chi connectivity index (χ1v) is 11.1. The van der Waals surface area contributed by atoms with Crippen LogP contribution in [-0.2, 0) is 14.4 Å². The summed E-state index contributed by atoms with van der Waals surface area (Å²) >= 11 is 5.23. The fraction of sp³-hybridized carbons (Fsp3) is 0.143. The molecular formula is C21H16BrIN2O7. The van der Waals surface area contributed by atoms with E-state index in [0.717, 1.165) is 9.37 Å². The predicted molar refractivity (Wildman–Crippen MR) is 127 cm³/mol. The highest BCUT2D eigenvalue weighted by atomic mass is 127. The van der Waals surface area contributed by atoms with E-state index in [0.29, 0.717) is 14.8 Å². The maximum Gasteiger partial charge on any atom is 0.341 e. The monoisotopic (exact) mass is 614 g/mol. The number of barbiturate groups is 1. The van der Waals surface area contributed by atoms with Crippen LogP contribution in [-0.4, -0.2) is 42.1 Å². The van der Waals surface area contributed by atoms with Crippen molar-refractivity contribution in [1.82, 2.24) is 5.32 Å². The Labute approximate surface area is 204 Å². The lowest BCUT2D eigenvalue weighted by atomic mass is 10.1. The highest BCUT2D eigenvalue weighted by Crippen LogP contribution is 2.35. The van der Waals surface area contributed by atoms with Crippen molar-refractivity contribution >= 4 is 74.1 Å². The molecule has 4 amide bonds. The molecule has 1 saturated heterocycles. The summed E-state index contributed by atoms with van der Waals surface area (Å²) in [5.41, 5.74) is 0.491. The van der Waals surface area contributed by atoms with Crippen molar-refractivity contribution in [3.05, 3.63) is 55.6 Å². The minimum absolute atomic E-state index is 0.239. The number of carbonyl (C=O) groups is 4. The molecule has 1 aliphatic heterocycles. The SMILES string of the molecule is CCOc1cc(/C=C2\C(=O)NC(=O)N(c3ccc(Br)cc3)C2=O)cc(I)c1OCC(=O)O. The Morgan fingerprint density at radius 3 is 2.50 bits per heavy atom. The molecule has 32 heavy (non-hydrogen) atoms. The van der Waals surface area contributed by atoms with E-state index in [-0.39, 0.29) is 23.7 Å². The number of nitrogens with one attached hydrogen (secondary N) is 1. The standard InChI is InChI=1S/C21H16BrIN2O7/c1-2-31-16-9-11(8-15(23)18(16)32-10-17(26)27)7-14-19(28)24-21(30)25(20(14)29)13-5-3-12(22)4-6-13/h3-9H,2,10H2,1H3,(H,26,27)(H,24,28,30)/b14-7+. The molecule has 2 aromatic rings. The van der Waals surface area contributed by atoms with Gasteiger partial charge >= 0.3 is 12.0 Å². The average molecular weight is 615 g/mol. The number of anilines is 1. The molecule has 0 aliphatic carbocycles. The van der Waals surface area contributed by atoms with Gasteiger partial charge in [0.1, 0.15) is 5.57 Å². The van der Waals surface area contributed by atoms with Crippen LogP contribution in [0.3, 0.4) is 0 Å². The maximum atomic E-state index is 13.0. The van der Waals surface area contributed by atoms with E-state index in [1.807, 2.05) is 22.6 Å². The number of rotatable bonds is 7. The van der Waals surface area contributed by atoms with E-state index in [1.54, 1.807) is 37.3 Å². The van der Waals surface area contributed by atoms with Crippen LogP contribution in [0.15, 0.2) is 46.4 Å². The van der Waals surface area contributed by atoms with Gasteiger partial charge in [-0.05, 0) is 77.6 Å². The first-order valence-electron chi connectivity index (χ1n) is 9.19. The van der Waals surface area contributed by atoms with Gasteiger partial charge in [0.25, 0.3) is 11.8 Å². The number of imide groups is 2. The molecule has 3 rings (SSSR count). The van der Waals surface area contributed by atoms with Gasteiger partial charge in [-0.15, -0.1) is 0 Å². The second-order valence-corrected chi connectivity index (χ2v) is 8.46. The van der Waals surface area contributed by atoms with Crippen molar-refractivity contribution in [3.63, 3.8) is 0 Å². The Balaban J connectivity index is 2.00. The molecule has 2 N–H and O–H groups in total. The smallest absolute Gasteiger partial charge is 0.341 e. The van der Waals surface area contributed by atoms with Gasteiger partial charge < -0.3 is 14.6 Å². The number of amides is 4. The molecule has 1 aliphatic rings. The number of hydrogen-bond acceptors (Lipinski definition) is 6. The molecule has 1 heterocycles. The molecule has 0 radical (unpaired) electrons. The molecular weight excluding hydrogens is 599 g/mol. The molecule has 0 unspecified atom stereocenters. The Bertz CT molecular complexity index is 1130. The van der Waals surface area contributed by atoms with Crippen molar-refractivity contribution in [3.8, 4) is 11.5 Å². The lowest BCUT2D eigenvalue weighted by Crippen LogP contribution is -2.54. The van der Waals surface area contributed by atoms with E-state index in [2.05, 4.69) is 21.2 Å². The van der Waals surface area contributed by atoms with Crippen LogP contribution < -0.4 is 19.7 Å². The quantitative estimate of drug-likeness (QED) is 0.278. The maximum absolute atomic E-state index is 13.0. The van der Waals surface area contributed by atoms with Gasteiger partial charge in [0.15, 0.2) is 18.1 Å². The highest BCUT2D eigenvalue weighted by molar-refractivity contribution is 14.1. The summed E-state index contributed by atoms with van der Waals surface area (Å²) in [7, 11) is 0. The zero-order chi connectivity index (χ0) is 23.4. The van der Waals surface area contributed by atoms with Gasteiger partial charge in [-0.3, -0.25) is 14.9 Å². The number of carboxylic acids is 1. The first kappa shape index (κ1) is 23.7. The van der Waals surface area contributed by atoms with Gasteiger partial charge in [-0.2, -0.15) is 0 Å². The third-order valence-corrected chi connectivity index (χ3v) is 5.50. The largest absolute Gasteiger partial charge is 0.490 e. The average Bonchev–Trinajstić information content (AvgIpc) is 2.72. The molecule has 0 aromatic heterocycles. The molecule has 1 fully saturated rings. The highest BCUT2D eigenvalue weighted by Gasteiger charge is 2.36. The van der Waals surface area contributed by atoms with Crippen molar-refractivity contribution in [2.75, 3.05) is 18.1 Å². The molecule has 166 valence electrons. The number of urea groups is 1. The predicted octanol–water partition coefficient (Wildman–Crippen LogP) is 3.58. The first-order chi connectivity index (χ1) is 15.2. The number of nitrogens with zero attached hydrogens (tertiary/aromatic N) is 1.